The van der Waals surface area contributed by atoms with E-state index in [1.807, 2.05) is 0 Å². The number of ether oxygens (including phenoxy) is 2. The number of rotatable bonds is 5. The molecule has 0 aromatic carbocycles. The van der Waals surface area contributed by atoms with E-state index in [-0.39, 0.29) is 18.5 Å². The molecule has 1 unspecified atom stereocenters. The second-order valence-electron chi connectivity index (χ2n) is 5.15. The van der Waals surface area contributed by atoms with Crippen molar-refractivity contribution in [1.29, 1.82) is 0 Å². The number of esters is 1. The average molecular weight is 309 g/mol. The summed E-state index contributed by atoms with van der Waals surface area (Å²) in [5.41, 5.74) is -0.551. The van der Waals surface area contributed by atoms with Crippen molar-refractivity contribution in [3.05, 3.63) is 34.6 Å². The standard InChI is InChI=1S/C14H19N3O5/c1-8(2)13(19)21-7-9-6-10(18)12(22-9)17-5-4-11(15-3)16-14(17)20/h4-6,8,10,12,18H,7H2,1-3H3,(H,15,16,20)/t10-,12?/m1/s1. The number of aliphatic hydroxyl groups is 1. The Morgan fingerprint density at radius 1 is 1.59 bits per heavy atom. The summed E-state index contributed by atoms with van der Waals surface area (Å²) in [4.78, 5) is 27.1. The third kappa shape index (κ3) is 3.45. The summed E-state index contributed by atoms with van der Waals surface area (Å²) in [6, 6.07) is 1.59. The van der Waals surface area contributed by atoms with Crippen LogP contribution in [0.3, 0.4) is 0 Å². The topological polar surface area (TPSA) is 103 Å². The van der Waals surface area contributed by atoms with Crippen molar-refractivity contribution in [3.8, 4) is 0 Å². The molecule has 1 aliphatic heterocycles. The van der Waals surface area contributed by atoms with Crippen LogP contribution in [0.1, 0.15) is 20.1 Å². The minimum atomic E-state index is -1.02. The molecule has 8 nitrogen and oxygen atoms in total. The second-order valence-corrected chi connectivity index (χ2v) is 5.15. The fraction of sp³-hybridized carbons (Fsp3) is 0.500. The van der Waals surface area contributed by atoms with E-state index >= 15 is 0 Å². The van der Waals surface area contributed by atoms with Gasteiger partial charge in [0.05, 0.1) is 5.92 Å². The maximum atomic E-state index is 11.9. The molecule has 8 heteroatoms. The molecule has 1 aliphatic rings. The van der Waals surface area contributed by atoms with Crippen molar-refractivity contribution in [2.24, 2.45) is 5.92 Å². The number of hydrogen-bond acceptors (Lipinski definition) is 7. The lowest BCUT2D eigenvalue weighted by Crippen LogP contribution is -2.32. The van der Waals surface area contributed by atoms with Gasteiger partial charge in [0.1, 0.15) is 24.3 Å². The van der Waals surface area contributed by atoms with E-state index in [9.17, 15) is 14.7 Å². The first-order valence-electron chi connectivity index (χ1n) is 6.91. The number of carbonyl (C=O) groups excluding carboxylic acids is 1. The highest BCUT2D eigenvalue weighted by atomic mass is 16.6. The van der Waals surface area contributed by atoms with Crippen LogP contribution in [-0.4, -0.2) is 40.4 Å². The lowest BCUT2D eigenvalue weighted by atomic mass is 10.2. The van der Waals surface area contributed by atoms with Gasteiger partial charge in [-0.1, -0.05) is 13.8 Å². The number of anilines is 1. The number of nitrogens with one attached hydrogen (secondary N) is 1. The van der Waals surface area contributed by atoms with Crippen LogP contribution in [0.5, 0.6) is 0 Å². The van der Waals surface area contributed by atoms with Gasteiger partial charge in [0.15, 0.2) is 0 Å². The summed E-state index contributed by atoms with van der Waals surface area (Å²) in [7, 11) is 1.65. The third-order valence-electron chi connectivity index (χ3n) is 3.11. The summed E-state index contributed by atoms with van der Waals surface area (Å²) in [5.74, 6) is 0.118. The molecule has 0 spiro atoms. The molecule has 2 N–H and O–H groups in total. The summed E-state index contributed by atoms with van der Waals surface area (Å²) >= 11 is 0. The lowest BCUT2D eigenvalue weighted by Gasteiger charge is -2.18. The van der Waals surface area contributed by atoms with E-state index in [4.69, 9.17) is 9.47 Å². The van der Waals surface area contributed by atoms with E-state index in [0.29, 0.717) is 11.6 Å². The van der Waals surface area contributed by atoms with Crippen LogP contribution in [0.2, 0.25) is 0 Å². The molecule has 0 saturated carbocycles. The van der Waals surface area contributed by atoms with Crippen molar-refractivity contribution in [2.75, 3.05) is 19.0 Å². The Balaban J connectivity index is 2.05. The fourth-order valence-corrected chi connectivity index (χ4v) is 1.89. The van der Waals surface area contributed by atoms with Gasteiger partial charge in [0.25, 0.3) is 0 Å². The van der Waals surface area contributed by atoms with E-state index < -0.39 is 18.0 Å². The van der Waals surface area contributed by atoms with Gasteiger partial charge < -0.3 is 19.9 Å². The van der Waals surface area contributed by atoms with Crippen LogP contribution in [0.4, 0.5) is 5.82 Å². The van der Waals surface area contributed by atoms with E-state index in [2.05, 4.69) is 10.3 Å². The first-order valence-corrected chi connectivity index (χ1v) is 6.91. The molecule has 120 valence electrons. The maximum absolute atomic E-state index is 11.9. The minimum absolute atomic E-state index is 0.0820. The van der Waals surface area contributed by atoms with Gasteiger partial charge in [-0.05, 0) is 12.1 Å². The van der Waals surface area contributed by atoms with Crippen LogP contribution in [0.15, 0.2) is 28.9 Å². The van der Waals surface area contributed by atoms with Gasteiger partial charge in [-0.25, -0.2) is 4.79 Å². The minimum Gasteiger partial charge on any atom is -0.468 e. The van der Waals surface area contributed by atoms with Crippen LogP contribution in [-0.2, 0) is 14.3 Å². The monoisotopic (exact) mass is 309 g/mol. The van der Waals surface area contributed by atoms with E-state index in [1.54, 1.807) is 27.0 Å². The van der Waals surface area contributed by atoms with Gasteiger partial charge in [-0.15, -0.1) is 0 Å². The van der Waals surface area contributed by atoms with E-state index in [0.717, 1.165) is 0 Å². The molecule has 0 amide bonds. The molecule has 2 heterocycles. The Morgan fingerprint density at radius 2 is 2.32 bits per heavy atom. The van der Waals surface area contributed by atoms with Crippen molar-refractivity contribution < 1.29 is 19.4 Å². The third-order valence-corrected chi connectivity index (χ3v) is 3.11. The molecule has 0 radical (unpaired) electrons. The molecular weight excluding hydrogens is 290 g/mol. The van der Waals surface area contributed by atoms with Crippen molar-refractivity contribution in [3.63, 3.8) is 0 Å². The van der Waals surface area contributed by atoms with Crippen LogP contribution in [0, 0.1) is 5.92 Å². The Bertz CT molecular complexity index is 638. The first-order chi connectivity index (χ1) is 10.4. The summed E-state index contributed by atoms with van der Waals surface area (Å²) < 4.78 is 11.7. The predicted molar refractivity (Wildman–Crippen MR) is 78.1 cm³/mol. The molecule has 0 saturated heterocycles. The zero-order valence-corrected chi connectivity index (χ0v) is 12.6. The molecular formula is C14H19N3O5. The quantitative estimate of drug-likeness (QED) is 0.752. The van der Waals surface area contributed by atoms with Gasteiger partial charge in [-0.3, -0.25) is 9.36 Å². The van der Waals surface area contributed by atoms with Gasteiger partial charge in [0, 0.05) is 13.2 Å². The van der Waals surface area contributed by atoms with Crippen molar-refractivity contribution in [2.45, 2.75) is 26.2 Å². The van der Waals surface area contributed by atoms with Crippen LogP contribution >= 0.6 is 0 Å². The molecule has 1 aromatic heterocycles. The van der Waals surface area contributed by atoms with E-state index in [1.165, 1.54) is 16.8 Å². The smallest absolute Gasteiger partial charge is 0.352 e. The van der Waals surface area contributed by atoms with Gasteiger partial charge in [-0.2, -0.15) is 4.98 Å². The summed E-state index contributed by atoms with van der Waals surface area (Å²) in [5, 5.41) is 12.7. The van der Waals surface area contributed by atoms with Crippen LogP contribution in [0.25, 0.3) is 0 Å². The zero-order valence-electron chi connectivity index (χ0n) is 12.6. The van der Waals surface area contributed by atoms with Crippen molar-refractivity contribution >= 4 is 11.8 Å². The lowest BCUT2D eigenvalue weighted by molar-refractivity contribution is -0.147. The number of hydrogen-bond donors (Lipinski definition) is 2. The molecule has 22 heavy (non-hydrogen) atoms. The SMILES string of the molecule is CNc1ccn(C2OC(COC(=O)C(C)C)=C[C@H]2O)c(=O)n1. The molecule has 0 aliphatic carbocycles. The highest BCUT2D eigenvalue weighted by Gasteiger charge is 2.30. The maximum Gasteiger partial charge on any atom is 0.352 e. The number of nitrogens with zero attached hydrogens (tertiary/aromatic N) is 2. The highest BCUT2D eigenvalue weighted by Crippen LogP contribution is 2.25. The molecule has 2 atom stereocenters. The van der Waals surface area contributed by atoms with Crippen molar-refractivity contribution in [1.82, 2.24) is 9.55 Å². The zero-order chi connectivity index (χ0) is 16.3. The first kappa shape index (κ1) is 16.0. The van der Waals surface area contributed by atoms with Crippen LogP contribution < -0.4 is 11.0 Å². The Morgan fingerprint density at radius 3 is 2.91 bits per heavy atom. The Labute approximate surface area is 127 Å². The molecule has 2 rings (SSSR count). The second kappa shape index (κ2) is 6.61. The number of aliphatic hydroxyl groups excluding tert-OH is 1. The van der Waals surface area contributed by atoms with Gasteiger partial charge >= 0.3 is 11.7 Å². The summed E-state index contributed by atoms with van der Waals surface area (Å²) in [6.07, 6.45) is 0.953. The van der Waals surface area contributed by atoms with Gasteiger partial charge in [0.2, 0.25) is 6.23 Å². The predicted octanol–water partition coefficient (Wildman–Crippen LogP) is 0.258. The Hall–Kier alpha value is -2.35. The highest BCUT2D eigenvalue weighted by molar-refractivity contribution is 5.71. The average Bonchev–Trinajstić information content (AvgIpc) is 2.85. The number of carbonyl (C=O) groups is 1. The normalized spacial score (nSPS) is 20.5. The fourth-order valence-electron chi connectivity index (χ4n) is 1.89. The number of aromatic nitrogens is 2. The summed E-state index contributed by atoms with van der Waals surface area (Å²) in [6.45, 7) is 3.36. The molecule has 0 bridgehead atoms. The molecule has 1 aromatic rings. The molecule has 0 fully saturated rings. The Kier molecular flexibility index (Phi) is 4.81. The largest absolute Gasteiger partial charge is 0.468 e.